The summed E-state index contributed by atoms with van der Waals surface area (Å²) in [6.45, 7) is 2.69. The number of hydrogen-bond acceptors (Lipinski definition) is 5. The number of fused-ring (bicyclic) bond motifs is 1. The average molecular weight is 327 g/mol. The zero-order valence-corrected chi connectivity index (χ0v) is 13.5. The van der Waals surface area contributed by atoms with E-state index in [4.69, 9.17) is 5.73 Å². The maximum Gasteiger partial charge on any atom is 0.223 e. The molecule has 2 aromatic rings. The molecule has 0 spiro atoms. The van der Waals surface area contributed by atoms with Crippen LogP contribution in [0.25, 0.3) is 0 Å². The molecule has 3 rings (SSSR count). The summed E-state index contributed by atoms with van der Waals surface area (Å²) in [4.78, 5) is 13.8. The fourth-order valence-electron chi connectivity index (χ4n) is 3.08. The highest BCUT2D eigenvalue weighted by molar-refractivity contribution is 5.91. The Morgan fingerprint density at radius 3 is 2.58 bits per heavy atom. The molecule has 0 aliphatic carbocycles. The fraction of sp³-hybridized carbons (Fsp3) is 0.278. The third-order valence-corrected chi connectivity index (χ3v) is 4.35. The molecule has 1 amide bonds. The number of nitrogen functional groups attached to an aromatic ring is 1. The third-order valence-electron chi connectivity index (χ3n) is 4.35. The van der Waals surface area contributed by atoms with Crippen LogP contribution in [-0.4, -0.2) is 29.2 Å². The van der Waals surface area contributed by atoms with Crippen molar-refractivity contribution in [1.29, 1.82) is 0 Å². The first-order valence-electron chi connectivity index (χ1n) is 7.87. The van der Waals surface area contributed by atoms with Crippen LogP contribution < -0.4 is 16.0 Å². The minimum atomic E-state index is -0.149. The van der Waals surface area contributed by atoms with Crippen LogP contribution in [0.15, 0.2) is 36.4 Å². The second-order valence-corrected chi connectivity index (χ2v) is 6.02. The number of anilines is 2. The molecule has 0 fully saturated rings. The molecule has 126 valence electrons. The highest BCUT2D eigenvalue weighted by atomic mass is 16.3. The zero-order chi connectivity index (χ0) is 17.3. The third kappa shape index (κ3) is 3.14. The topological polar surface area (TPSA) is 98.8 Å². The van der Waals surface area contributed by atoms with Gasteiger partial charge in [0.1, 0.15) is 0 Å². The molecule has 1 heterocycles. The maximum absolute atomic E-state index is 12.1. The Hall–Kier alpha value is -2.73. The van der Waals surface area contributed by atoms with Crippen molar-refractivity contribution < 1.29 is 15.0 Å². The molecule has 0 radical (unpaired) electrons. The first-order chi connectivity index (χ1) is 11.5. The lowest BCUT2D eigenvalue weighted by molar-refractivity contribution is -0.116. The smallest absolute Gasteiger partial charge is 0.223 e. The average Bonchev–Trinajstić information content (AvgIpc) is 2.55. The second kappa shape index (κ2) is 6.41. The van der Waals surface area contributed by atoms with Crippen LogP contribution in [0.5, 0.6) is 11.5 Å². The molecule has 0 saturated carbocycles. The van der Waals surface area contributed by atoms with Gasteiger partial charge in [-0.25, -0.2) is 0 Å². The number of amides is 1. The van der Waals surface area contributed by atoms with Gasteiger partial charge in [0.25, 0.3) is 0 Å². The highest BCUT2D eigenvalue weighted by Gasteiger charge is 2.25. The lowest BCUT2D eigenvalue weighted by atomic mass is 9.93. The Kier molecular flexibility index (Phi) is 4.31. The van der Waals surface area contributed by atoms with E-state index in [2.05, 4.69) is 5.32 Å². The highest BCUT2D eigenvalue weighted by Crippen LogP contribution is 2.34. The maximum atomic E-state index is 12.1. The van der Waals surface area contributed by atoms with Gasteiger partial charge in [-0.1, -0.05) is 0 Å². The summed E-state index contributed by atoms with van der Waals surface area (Å²) in [5.41, 5.74) is 9.01. The number of nitrogens with zero attached hydrogens (tertiary/aromatic N) is 1. The number of hydrogen-bond donors (Lipinski definition) is 4. The molecule has 0 saturated heterocycles. The standard InChI is InChI=1S/C18H21N3O3/c1-11(22)21(14-4-2-13(19)3-5-14)10-16-15-9-18(24)17(23)8-12(15)6-7-20-16/h2-5,8-9,16,20,23-24H,6-7,10,19H2,1H3. The molecule has 24 heavy (non-hydrogen) atoms. The van der Waals surface area contributed by atoms with Gasteiger partial charge >= 0.3 is 0 Å². The van der Waals surface area contributed by atoms with Crippen LogP contribution in [-0.2, 0) is 11.2 Å². The zero-order valence-electron chi connectivity index (χ0n) is 13.5. The molecule has 0 aromatic heterocycles. The molecule has 6 heteroatoms. The molecular formula is C18H21N3O3. The van der Waals surface area contributed by atoms with E-state index in [9.17, 15) is 15.0 Å². The molecule has 1 aliphatic heterocycles. The van der Waals surface area contributed by atoms with Gasteiger partial charge in [0, 0.05) is 24.8 Å². The normalized spacial score (nSPS) is 16.5. The molecule has 6 nitrogen and oxygen atoms in total. The van der Waals surface area contributed by atoms with Gasteiger partial charge in [0.2, 0.25) is 5.91 Å². The van der Waals surface area contributed by atoms with Crippen molar-refractivity contribution in [2.45, 2.75) is 19.4 Å². The van der Waals surface area contributed by atoms with Crippen molar-refractivity contribution in [2.75, 3.05) is 23.7 Å². The van der Waals surface area contributed by atoms with Gasteiger partial charge in [-0.3, -0.25) is 4.79 Å². The van der Waals surface area contributed by atoms with Crippen LogP contribution in [0.4, 0.5) is 11.4 Å². The minimum absolute atomic E-state index is 0.0725. The van der Waals surface area contributed by atoms with Crippen molar-refractivity contribution in [3.63, 3.8) is 0 Å². The van der Waals surface area contributed by atoms with E-state index in [-0.39, 0.29) is 23.4 Å². The van der Waals surface area contributed by atoms with Crippen molar-refractivity contribution in [3.05, 3.63) is 47.5 Å². The SMILES string of the molecule is CC(=O)N(CC1NCCc2cc(O)c(O)cc21)c1ccc(N)cc1. The monoisotopic (exact) mass is 327 g/mol. The van der Waals surface area contributed by atoms with Crippen molar-refractivity contribution >= 4 is 17.3 Å². The molecule has 5 N–H and O–H groups in total. The number of carbonyl (C=O) groups is 1. The number of benzene rings is 2. The van der Waals surface area contributed by atoms with Crippen molar-refractivity contribution in [1.82, 2.24) is 5.32 Å². The van der Waals surface area contributed by atoms with Gasteiger partial charge < -0.3 is 26.2 Å². The van der Waals surface area contributed by atoms with Crippen LogP contribution in [0.2, 0.25) is 0 Å². The summed E-state index contributed by atoms with van der Waals surface area (Å²) in [6, 6.07) is 10.2. The van der Waals surface area contributed by atoms with E-state index >= 15 is 0 Å². The van der Waals surface area contributed by atoms with Gasteiger partial charge in [0.15, 0.2) is 11.5 Å². The molecule has 2 aromatic carbocycles. The Balaban J connectivity index is 1.91. The first kappa shape index (κ1) is 16.1. The number of nitrogens with one attached hydrogen (secondary N) is 1. The Labute approximate surface area is 140 Å². The number of rotatable bonds is 3. The molecule has 1 atom stereocenters. The van der Waals surface area contributed by atoms with E-state index in [0.717, 1.165) is 29.8 Å². The Morgan fingerprint density at radius 2 is 1.92 bits per heavy atom. The van der Waals surface area contributed by atoms with Gasteiger partial charge in [-0.2, -0.15) is 0 Å². The number of phenolic OH excluding ortho intramolecular Hbond substituents is 2. The van der Waals surface area contributed by atoms with E-state index in [1.807, 2.05) is 12.1 Å². The number of nitrogens with two attached hydrogens (primary N) is 1. The Bertz CT molecular complexity index is 759. The van der Waals surface area contributed by atoms with Gasteiger partial charge in [-0.05, 0) is 60.5 Å². The van der Waals surface area contributed by atoms with Crippen molar-refractivity contribution in [2.24, 2.45) is 0 Å². The van der Waals surface area contributed by atoms with Crippen LogP contribution >= 0.6 is 0 Å². The predicted octanol–water partition coefficient (Wildman–Crippen LogP) is 1.92. The van der Waals surface area contributed by atoms with Crippen molar-refractivity contribution in [3.8, 4) is 11.5 Å². The molecule has 0 bridgehead atoms. The summed E-state index contributed by atoms with van der Waals surface area (Å²) in [7, 11) is 0. The molecular weight excluding hydrogens is 306 g/mol. The lowest BCUT2D eigenvalue weighted by Crippen LogP contribution is -2.41. The fourth-order valence-corrected chi connectivity index (χ4v) is 3.08. The number of phenols is 2. The first-order valence-corrected chi connectivity index (χ1v) is 7.87. The predicted molar refractivity (Wildman–Crippen MR) is 93.1 cm³/mol. The Morgan fingerprint density at radius 1 is 1.25 bits per heavy atom. The summed E-state index contributed by atoms with van der Waals surface area (Å²) >= 11 is 0. The summed E-state index contributed by atoms with van der Waals surface area (Å²) in [6.07, 6.45) is 0.765. The van der Waals surface area contributed by atoms with E-state index < -0.39 is 0 Å². The van der Waals surface area contributed by atoms with E-state index in [1.54, 1.807) is 29.2 Å². The second-order valence-electron chi connectivity index (χ2n) is 6.02. The molecule has 1 aliphatic rings. The van der Waals surface area contributed by atoms with E-state index in [0.29, 0.717) is 12.2 Å². The van der Waals surface area contributed by atoms with Crippen LogP contribution in [0.3, 0.4) is 0 Å². The van der Waals surface area contributed by atoms with Gasteiger partial charge in [0.05, 0.1) is 6.04 Å². The van der Waals surface area contributed by atoms with Crippen LogP contribution in [0, 0.1) is 0 Å². The molecule has 1 unspecified atom stereocenters. The summed E-state index contributed by atoms with van der Waals surface area (Å²) < 4.78 is 0. The van der Waals surface area contributed by atoms with Gasteiger partial charge in [-0.15, -0.1) is 0 Å². The summed E-state index contributed by atoms with van der Waals surface area (Å²) in [5, 5.41) is 22.9. The minimum Gasteiger partial charge on any atom is -0.504 e. The lowest BCUT2D eigenvalue weighted by Gasteiger charge is -2.32. The van der Waals surface area contributed by atoms with Crippen LogP contribution in [0.1, 0.15) is 24.1 Å². The largest absolute Gasteiger partial charge is 0.504 e. The number of aromatic hydroxyl groups is 2. The number of carbonyl (C=O) groups excluding carboxylic acids is 1. The quantitative estimate of drug-likeness (QED) is 0.510. The summed E-state index contributed by atoms with van der Waals surface area (Å²) in [5.74, 6) is -0.336. The van der Waals surface area contributed by atoms with E-state index in [1.165, 1.54) is 6.92 Å².